The predicted molar refractivity (Wildman–Crippen MR) is 75.8 cm³/mol. The molecular formula is C15H19N3O3. The molecule has 6 nitrogen and oxygen atoms in total. The lowest BCUT2D eigenvalue weighted by Gasteiger charge is -2.30. The molecule has 0 radical (unpaired) electrons. The fourth-order valence-corrected chi connectivity index (χ4v) is 2.77. The normalized spacial score (nSPS) is 17.6. The Bertz CT molecular complexity index is 606. The number of ether oxygens (including phenoxy) is 1. The minimum absolute atomic E-state index is 0.419. The van der Waals surface area contributed by atoms with Crippen molar-refractivity contribution in [1.82, 2.24) is 15.1 Å². The SMILES string of the molecule is COc1cc(-c2noc(CC3(O)CCCCC3)n2)ccn1. The van der Waals surface area contributed by atoms with Crippen LogP contribution in [0.4, 0.5) is 0 Å². The Kier molecular flexibility index (Phi) is 3.88. The molecule has 2 aromatic rings. The van der Waals surface area contributed by atoms with E-state index in [9.17, 15) is 5.11 Å². The number of aliphatic hydroxyl groups is 1. The van der Waals surface area contributed by atoms with Gasteiger partial charge in [-0.1, -0.05) is 24.4 Å². The maximum Gasteiger partial charge on any atom is 0.229 e. The van der Waals surface area contributed by atoms with Crippen LogP contribution < -0.4 is 4.74 Å². The summed E-state index contributed by atoms with van der Waals surface area (Å²) in [5, 5.41) is 14.5. The van der Waals surface area contributed by atoms with E-state index in [0.29, 0.717) is 24.0 Å². The van der Waals surface area contributed by atoms with Crippen molar-refractivity contribution in [3.05, 3.63) is 24.2 Å². The van der Waals surface area contributed by atoms with Crippen LogP contribution in [0.15, 0.2) is 22.9 Å². The third-order valence-electron chi connectivity index (χ3n) is 3.93. The first-order valence-electron chi connectivity index (χ1n) is 7.24. The minimum Gasteiger partial charge on any atom is -0.481 e. The summed E-state index contributed by atoms with van der Waals surface area (Å²) in [5.41, 5.74) is 0.0883. The van der Waals surface area contributed by atoms with Crippen LogP contribution in [0.2, 0.25) is 0 Å². The Morgan fingerprint density at radius 1 is 1.33 bits per heavy atom. The molecule has 6 heteroatoms. The van der Waals surface area contributed by atoms with Gasteiger partial charge in [0.1, 0.15) is 0 Å². The number of pyridine rings is 1. The van der Waals surface area contributed by atoms with Crippen LogP contribution >= 0.6 is 0 Å². The van der Waals surface area contributed by atoms with Crippen molar-refractivity contribution in [2.75, 3.05) is 7.11 Å². The molecule has 0 saturated heterocycles. The van der Waals surface area contributed by atoms with Gasteiger partial charge >= 0.3 is 0 Å². The maximum atomic E-state index is 10.5. The third kappa shape index (κ3) is 3.21. The molecule has 1 N–H and O–H groups in total. The van der Waals surface area contributed by atoms with Crippen LogP contribution in [0.3, 0.4) is 0 Å². The molecule has 2 heterocycles. The van der Waals surface area contributed by atoms with Gasteiger partial charge in [-0.15, -0.1) is 0 Å². The van der Waals surface area contributed by atoms with Gasteiger partial charge in [0.2, 0.25) is 17.6 Å². The molecule has 0 bridgehead atoms. The van der Waals surface area contributed by atoms with E-state index in [1.807, 2.05) is 0 Å². The van der Waals surface area contributed by atoms with Crippen LogP contribution in [-0.4, -0.2) is 32.9 Å². The molecule has 1 aliphatic carbocycles. The molecule has 1 fully saturated rings. The minimum atomic E-state index is -0.696. The summed E-state index contributed by atoms with van der Waals surface area (Å²) in [6.07, 6.45) is 6.95. The van der Waals surface area contributed by atoms with Gasteiger partial charge in [0.05, 0.1) is 19.1 Å². The largest absolute Gasteiger partial charge is 0.481 e. The summed E-state index contributed by atoms with van der Waals surface area (Å²) in [5.74, 6) is 1.47. The first-order valence-corrected chi connectivity index (χ1v) is 7.24. The summed E-state index contributed by atoms with van der Waals surface area (Å²) in [7, 11) is 1.56. The Balaban J connectivity index is 1.76. The molecule has 0 unspecified atom stereocenters. The zero-order valence-electron chi connectivity index (χ0n) is 12.1. The third-order valence-corrected chi connectivity index (χ3v) is 3.93. The monoisotopic (exact) mass is 289 g/mol. The molecule has 0 aromatic carbocycles. The fourth-order valence-electron chi connectivity index (χ4n) is 2.77. The lowest BCUT2D eigenvalue weighted by molar-refractivity contribution is -0.00181. The van der Waals surface area contributed by atoms with Crippen molar-refractivity contribution in [3.63, 3.8) is 0 Å². The van der Waals surface area contributed by atoms with E-state index in [1.54, 1.807) is 25.4 Å². The Labute approximate surface area is 123 Å². The van der Waals surface area contributed by atoms with Crippen LogP contribution in [0.1, 0.15) is 38.0 Å². The van der Waals surface area contributed by atoms with E-state index < -0.39 is 5.60 Å². The van der Waals surface area contributed by atoms with Gasteiger partial charge in [0.15, 0.2) is 0 Å². The summed E-state index contributed by atoms with van der Waals surface area (Å²) in [6, 6.07) is 3.55. The second-order valence-corrected chi connectivity index (χ2v) is 5.56. The lowest BCUT2D eigenvalue weighted by atomic mass is 9.82. The van der Waals surface area contributed by atoms with Gasteiger partial charge in [-0.2, -0.15) is 4.98 Å². The van der Waals surface area contributed by atoms with E-state index in [0.717, 1.165) is 31.2 Å². The van der Waals surface area contributed by atoms with E-state index in [2.05, 4.69) is 15.1 Å². The van der Waals surface area contributed by atoms with E-state index in [-0.39, 0.29) is 0 Å². The van der Waals surface area contributed by atoms with Gasteiger partial charge < -0.3 is 14.4 Å². The van der Waals surface area contributed by atoms with Gasteiger partial charge in [0, 0.05) is 17.8 Å². The number of methoxy groups -OCH3 is 1. The Morgan fingerprint density at radius 3 is 2.90 bits per heavy atom. The molecule has 3 rings (SSSR count). The Morgan fingerprint density at radius 2 is 2.14 bits per heavy atom. The molecule has 0 atom stereocenters. The molecule has 1 saturated carbocycles. The maximum absolute atomic E-state index is 10.5. The van der Waals surface area contributed by atoms with Crippen molar-refractivity contribution in [2.24, 2.45) is 0 Å². The molecule has 2 aromatic heterocycles. The fraction of sp³-hybridized carbons (Fsp3) is 0.533. The average Bonchev–Trinajstić information content (AvgIpc) is 2.96. The highest BCUT2D eigenvalue weighted by atomic mass is 16.5. The van der Waals surface area contributed by atoms with E-state index >= 15 is 0 Å². The highest BCUT2D eigenvalue weighted by Gasteiger charge is 2.31. The quantitative estimate of drug-likeness (QED) is 0.930. The van der Waals surface area contributed by atoms with Crippen LogP contribution in [0.25, 0.3) is 11.4 Å². The molecular weight excluding hydrogens is 270 g/mol. The average molecular weight is 289 g/mol. The summed E-state index contributed by atoms with van der Waals surface area (Å²) in [4.78, 5) is 8.42. The van der Waals surface area contributed by atoms with E-state index in [4.69, 9.17) is 9.26 Å². The Hall–Kier alpha value is -1.95. The topological polar surface area (TPSA) is 81.3 Å². The highest BCUT2D eigenvalue weighted by Crippen LogP contribution is 2.31. The van der Waals surface area contributed by atoms with E-state index in [1.165, 1.54) is 6.42 Å². The molecule has 1 aliphatic rings. The van der Waals surface area contributed by atoms with Gasteiger partial charge in [-0.3, -0.25) is 0 Å². The van der Waals surface area contributed by atoms with Crippen molar-refractivity contribution < 1.29 is 14.4 Å². The molecule has 112 valence electrons. The van der Waals surface area contributed by atoms with Crippen molar-refractivity contribution in [1.29, 1.82) is 0 Å². The predicted octanol–water partition coefficient (Wildman–Crippen LogP) is 2.38. The molecule has 0 aliphatic heterocycles. The van der Waals surface area contributed by atoms with Crippen LogP contribution in [-0.2, 0) is 6.42 Å². The summed E-state index contributed by atoms with van der Waals surface area (Å²) < 4.78 is 10.4. The summed E-state index contributed by atoms with van der Waals surface area (Å²) in [6.45, 7) is 0. The number of rotatable bonds is 4. The highest BCUT2D eigenvalue weighted by molar-refractivity contribution is 5.55. The number of hydrogen-bond donors (Lipinski definition) is 1. The van der Waals surface area contributed by atoms with Crippen molar-refractivity contribution in [3.8, 4) is 17.3 Å². The van der Waals surface area contributed by atoms with Crippen molar-refractivity contribution in [2.45, 2.75) is 44.1 Å². The van der Waals surface area contributed by atoms with Gasteiger partial charge in [-0.05, 0) is 18.9 Å². The molecule has 21 heavy (non-hydrogen) atoms. The zero-order valence-corrected chi connectivity index (χ0v) is 12.1. The number of hydrogen-bond acceptors (Lipinski definition) is 6. The first kappa shape index (κ1) is 14.0. The van der Waals surface area contributed by atoms with Gasteiger partial charge in [0.25, 0.3) is 0 Å². The number of nitrogens with zero attached hydrogens (tertiary/aromatic N) is 3. The standard InChI is InChI=1S/C15H19N3O3/c1-20-12-9-11(5-8-16-12)14-17-13(21-18-14)10-15(19)6-3-2-4-7-15/h5,8-9,19H,2-4,6-7,10H2,1H3. The smallest absolute Gasteiger partial charge is 0.229 e. The summed E-state index contributed by atoms with van der Waals surface area (Å²) >= 11 is 0. The van der Waals surface area contributed by atoms with Crippen LogP contribution in [0, 0.1) is 0 Å². The molecule has 0 spiro atoms. The van der Waals surface area contributed by atoms with Gasteiger partial charge in [-0.25, -0.2) is 4.98 Å². The first-order chi connectivity index (χ1) is 10.2. The second-order valence-electron chi connectivity index (χ2n) is 5.56. The molecule has 0 amide bonds. The second kappa shape index (κ2) is 5.81. The van der Waals surface area contributed by atoms with Crippen molar-refractivity contribution >= 4 is 0 Å². The zero-order chi connectivity index (χ0) is 14.7. The lowest BCUT2D eigenvalue weighted by Crippen LogP contribution is -2.33. The van der Waals surface area contributed by atoms with Crippen LogP contribution in [0.5, 0.6) is 5.88 Å². The number of aromatic nitrogens is 3.